The van der Waals surface area contributed by atoms with Crippen molar-refractivity contribution in [3.63, 3.8) is 0 Å². The summed E-state index contributed by atoms with van der Waals surface area (Å²) in [7, 11) is 1.48. The highest BCUT2D eigenvalue weighted by atomic mass is 31.1. The van der Waals surface area contributed by atoms with Crippen molar-refractivity contribution < 1.29 is 19.1 Å². The van der Waals surface area contributed by atoms with Gasteiger partial charge in [0.1, 0.15) is 11.5 Å². The van der Waals surface area contributed by atoms with Gasteiger partial charge in [-0.05, 0) is 36.3 Å². The summed E-state index contributed by atoms with van der Waals surface area (Å²) in [6, 6.07) is 14.1. The van der Waals surface area contributed by atoms with E-state index in [1.807, 2.05) is 26.0 Å². The van der Waals surface area contributed by atoms with E-state index >= 15 is 0 Å². The van der Waals surface area contributed by atoms with E-state index in [2.05, 4.69) is 0 Å². The van der Waals surface area contributed by atoms with Crippen molar-refractivity contribution in [3.05, 3.63) is 59.7 Å². The summed E-state index contributed by atoms with van der Waals surface area (Å²) in [6.07, 6.45) is 0.744. The zero-order valence-electron chi connectivity index (χ0n) is 15.0. The van der Waals surface area contributed by atoms with Crippen LogP contribution in [0, 0.1) is 0 Å². The minimum absolute atomic E-state index is 0.0372. The van der Waals surface area contributed by atoms with Crippen LogP contribution in [0.5, 0.6) is 11.5 Å². The Labute approximate surface area is 149 Å². The van der Waals surface area contributed by atoms with Crippen LogP contribution in [-0.2, 0) is 0 Å². The van der Waals surface area contributed by atoms with Crippen molar-refractivity contribution in [2.45, 2.75) is 25.9 Å². The summed E-state index contributed by atoms with van der Waals surface area (Å²) in [5.74, 6) is 0.993. The zero-order valence-corrected chi connectivity index (χ0v) is 15.9. The van der Waals surface area contributed by atoms with Gasteiger partial charge in [-0.1, -0.05) is 38.1 Å². The first kappa shape index (κ1) is 19.1. The van der Waals surface area contributed by atoms with Crippen molar-refractivity contribution in [2.24, 2.45) is 0 Å². The molecule has 0 N–H and O–H groups in total. The molecule has 0 aliphatic heterocycles. The van der Waals surface area contributed by atoms with Crippen LogP contribution in [0.15, 0.2) is 48.5 Å². The predicted octanol–water partition coefficient (Wildman–Crippen LogP) is 4.96. The van der Waals surface area contributed by atoms with Crippen molar-refractivity contribution in [3.8, 4) is 11.5 Å². The molecule has 1 atom stereocenters. The van der Waals surface area contributed by atoms with Crippen molar-refractivity contribution in [1.29, 1.82) is 0 Å². The molecule has 2 aromatic rings. The molecular weight excluding hydrogens is 335 g/mol. The van der Waals surface area contributed by atoms with Crippen LogP contribution < -0.4 is 9.47 Å². The summed E-state index contributed by atoms with van der Waals surface area (Å²) in [4.78, 5) is 26.5. The number of rotatable bonds is 8. The van der Waals surface area contributed by atoms with Gasteiger partial charge in [-0.3, -0.25) is 9.59 Å². The molecular formula is C20H23O4P. The van der Waals surface area contributed by atoms with Gasteiger partial charge in [0.05, 0.1) is 25.3 Å². The number of hydrogen-bond donors (Lipinski definition) is 0. The molecule has 0 aromatic heterocycles. The van der Waals surface area contributed by atoms with E-state index in [4.69, 9.17) is 9.47 Å². The molecule has 0 spiro atoms. The van der Waals surface area contributed by atoms with E-state index < -0.39 is 7.92 Å². The van der Waals surface area contributed by atoms with Crippen LogP contribution >= 0.6 is 7.92 Å². The first-order valence-electron chi connectivity index (χ1n) is 8.19. The molecule has 2 aromatic carbocycles. The lowest BCUT2D eigenvalue weighted by atomic mass is 10.2. The maximum atomic E-state index is 13.2. The highest BCUT2D eigenvalue weighted by molar-refractivity contribution is 7.90. The molecule has 1 unspecified atom stereocenters. The molecule has 4 nitrogen and oxygen atoms in total. The molecule has 25 heavy (non-hydrogen) atoms. The average molecular weight is 358 g/mol. The standard InChI is InChI=1S/C20H23O4P/c1-5-14(2)25(19(21)15-10-6-8-12-17(15)23-3)20(22)16-11-7-9-13-18(16)24-4/h6-14H,5H2,1-4H3. The zero-order chi connectivity index (χ0) is 18.4. The van der Waals surface area contributed by atoms with Crippen molar-refractivity contribution in [2.75, 3.05) is 14.2 Å². The number of benzene rings is 2. The molecule has 2 rings (SSSR count). The second-order valence-corrected chi connectivity index (χ2v) is 8.07. The summed E-state index contributed by atoms with van der Waals surface area (Å²) in [6.45, 7) is 3.94. The molecule has 5 heteroatoms. The van der Waals surface area contributed by atoms with Gasteiger partial charge in [0.25, 0.3) is 0 Å². The Bertz CT molecular complexity index is 697. The van der Waals surface area contributed by atoms with Crippen LogP contribution in [0.25, 0.3) is 0 Å². The lowest BCUT2D eigenvalue weighted by molar-refractivity contribution is 0.104. The molecule has 0 saturated heterocycles. The number of para-hydroxylation sites is 2. The Kier molecular flexibility index (Phi) is 6.72. The Morgan fingerprint density at radius 3 is 1.64 bits per heavy atom. The second-order valence-electron chi connectivity index (χ2n) is 5.64. The third kappa shape index (κ3) is 4.08. The van der Waals surface area contributed by atoms with Gasteiger partial charge in [-0.25, -0.2) is 0 Å². The van der Waals surface area contributed by atoms with Gasteiger partial charge in [0.15, 0.2) is 11.0 Å². The topological polar surface area (TPSA) is 52.6 Å². The summed E-state index contributed by atoms with van der Waals surface area (Å²) in [5.41, 5.74) is 0.569. The number of hydrogen-bond acceptors (Lipinski definition) is 4. The second kappa shape index (κ2) is 8.77. The molecule has 132 valence electrons. The molecule has 0 heterocycles. The van der Waals surface area contributed by atoms with Crippen LogP contribution in [0.3, 0.4) is 0 Å². The molecule has 0 amide bonds. The molecule has 0 radical (unpaired) electrons. The first-order valence-corrected chi connectivity index (χ1v) is 9.60. The maximum Gasteiger partial charge on any atom is 0.196 e. The predicted molar refractivity (Wildman–Crippen MR) is 101 cm³/mol. The quantitative estimate of drug-likeness (QED) is 0.626. The highest BCUT2D eigenvalue weighted by Gasteiger charge is 2.34. The fourth-order valence-corrected chi connectivity index (χ4v) is 4.82. The van der Waals surface area contributed by atoms with Gasteiger partial charge in [0, 0.05) is 7.92 Å². The molecule has 0 fully saturated rings. The SMILES string of the molecule is CCC(C)P(C(=O)c1ccccc1OC)C(=O)c1ccccc1OC. The number of ether oxygens (including phenoxy) is 2. The lowest BCUT2D eigenvalue weighted by Crippen LogP contribution is -2.16. The van der Waals surface area contributed by atoms with Gasteiger partial charge < -0.3 is 9.47 Å². The number of carbonyl (C=O) groups excluding carboxylic acids is 2. The highest BCUT2D eigenvalue weighted by Crippen LogP contribution is 2.51. The van der Waals surface area contributed by atoms with E-state index in [0.29, 0.717) is 22.6 Å². The number of methoxy groups -OCH3 is 2. The maximum absolute atomic E-state index is 13.2. The summed E-state index contributed by atoms with van der Waals surface area (Å²) < 4.78 is 10.6. The van der Waals surface area contributed by atoms with Crippen molar-refractivity contribution in [1.82, 2.24) is 0 Å². The van der Waals surface area contributed by atoms with Gasteiger partial charge in [-0.2, -0.15) is 0 Å². The monoisotopic (exact) mass is 358 g/mol. The Balaban J connectivity index is 2.49. The lowest BCUT2D eigenvalue weighted by Gasteiger charge is -2.22. The Morgan fingerprint density at radius 1 is 0.880 bits per heavy atom. The summed E-state index contributed by atoms with van der Waals surface area (Å²) >= 11 is 0. The Morgan fingerprint density at radius 2 is 1.28 bits per heavy atom. The van der Waals surface area contributed by atoms with Gasteiger partial charge in [0.2, 0.25) is 0 Å². The third-order valence-corrected chi connectivity index (χ3v) is 6.75. The fraction of sp³-hybridized carbons (Fsp3) is 0.300. The van der Waals surface area contributed by atoms with Crippen LogP contribution in [0.2, 0.25) is 0 Å². The van der Waals surface area contributed by atoms with E-state index in [1.54, 1.807) is 36.4 Å². The normalized spacial score (nSPS) is 11.9. The van der Waals surface area contributed by atoms with E-state index in [-0.39, 0.29) is 16.7 Å². The minimum atomic E-state index is -1.58. The largest absolute Gasteiger partial charge is 0.496 e. The fourth-order valence-electron chi connectivity index (χ4n) is 2.58. The Hall–Kier alpha value is -2.19. The minimum Gasteiger partial charge on any atom is -0.496 e. The number of carbonyl (C=O) groups is 2. The van der Waals surface area contributed by atoms with E-state index in [0.717, 1.165) is 6.42 Å². The third-order valence-electron chi connectivity index (χ3n) is 4.14. The molecule has 0 saturated carbocycles. The molecule has 0 aliphatic carbocycles. The van der Waals surface area contributed by atoms with Crippen molar-refractivity contribution >= 4 is 19.0 Å². The van der Waals surface area contributed by atoms with Gasteiger partial charge >= 0.3 is 0 Å². The van der Waals surface area contributed by atoms with E-state index in [9.17, 15) is 9.59 Å². The molecule has 0 aliphatic rings. The van der Waals surface area contributed by atoms with Gasteiger partial charge in [-0.15, -0.1) is 0 Å². The smallest absolute Gasteiger partial charge is 0.196 e. The summed E-state index contributed by atoms with van der Waals surface area (Å²) in [5, 5.41) is 0. The first-order chi connectivity index (χ1) is 12.0. The van der Waals surface area contributed by atoms with Crippen LogP contribution in [-0.4, -0.2) is 30.9 Å². The average Bonchev–Trinajstić information content (AvgIpc) is 2.67. The van der Waals surface area contributed by atoms with E-state index in [1.165, 1.54) is 14.2 Å². The van der Waals surface area contributed by atoms with Crippen LogP contribution in [0.1, 0.15) is 41.0 Å². The van der Waals surface area contributed by atoms with Crippen LogP contribution in [0.4, 0.5) is 0 Å². The molecule has 0 bridgehead atoms.